The zero-order valence-corrected chi connectivity index (χ0v) is 19.9. The van der Waals surface area contributed by atoms with Crippen molar-refractivity contribution in [3.8, 4) is 5.69 Å². The minimum absolute atomic E-state index is 0.0427. The molecular weight excluding hydrogens is 418 g/mol. The number of fused-ring (bicyclic) bond motifs is 1. The molecule has 4 aromatic rings. The van der Waals surface area contributed by atoms with E-state index in [4.69, 9.17) is 0 Å². The molecule has 34 heavy (non-hydrogen) atoms. The fraction of sp³-hybridized carbons (Fsp3) is 0.129. The summed E-state index contributed by atoms with van der Waals surface area (Å²) in [5.74, 6) is -0.102. The molecular formula is C31H27NO2. The molecule has 1 aromatic heterocycles. The van der Waals surface area contributed by atoms with Crippen LogP contribution >= 0.6 is 0 Å². The van der Waals surface area contributed by atoms with Gasteiger partial charge >= 0.3 is 0 Å². The van der Waals surface area contributed by atoms with Crippen molar-refractivity contribution < 1.29 is 9.90 Å². The molecule has 0 bridgehead atoms. The standard InChI is InChI=1S/C31H27NO2/c1-18(2)26(23-11-7-6-10-20(23)4)28-30(33)29(31(28)34)27-21(5)32(22-16-14-19(3)15-17-22)25-13-9-8-12-24(25)27/h6-17,33H,1H2,2-5H3/b28-26+. The lowest BCUT2D eigenvalue weighted by atomic mass is 9.76. The third kappa shape index (κ3) is 3.16. The van der Waals surface area contributed by atoms with Crippen molar-refractivity contribution in [3.05, 3.63) is 124 Å². The summed E-state index contributed by atoms with van der Waals surface area (Å²) in [6, 6.07) is 24.2. The van der Waals surface area contributed by atoms with Gasteiger partial charge in [-0.1, -0.05) is 66.7 Å². The van der Waals surface area contributed by atoms with Crippen molar-refractivity contribution in [2.45, 2.75) is 27.7 Å². The van der Waals surface area contributed by atoms with Crippen LogP contribution in [0.4, 0.5) is 0 Å². The highest BCUT2D eigenvalue weighted by atomic mass is 16.3. The summed E-state index contributed by atoms with van der Waals surface area (Å²) in [5.41, 5.74) is 9.07. The van der Waals surface area contributed by atoms with E-state index < -0.39 is 0 Å². The highest BCUT2D eigenvalue weighted by Crippen LogP contribution is 2.46. The number of hydrogen-bond acceptors (Lipinski definition) is 2. The molecule has 1 N–H and O–H groups in total. The van der Waals surface area contributed by atoms with Gasteiger partial charge in [0.05, 0.1) is 16.7 Å². The van der Waals surface area contributed by atoms with Crippen LogP contribution < -0.4 is 0 Å². The summed E-state index contributed by atoms with van der Waals surface area (Å²) in [4.78, 5) is 13.7. The number of allylic oxidation sites excluding steroid dienone is 4. The van der Waals surface area contributed by atoms with Gasteiger partial charge in [-0.05, 0) is 68.2 Å². The summed E-state index contributed by atoms with van der Waals surface area (Å²) in [7, 11) is 0. The van der Waals surface area contributed by atoms with Crippen LogP contribution in [0.15, 0.2) is 96.3 Å². The maximum Gasteiger partial charge on any atom is 0.201 e. The van der Waals surface area contributed by atoms with Crippen LogP contribution in [0.5, 0.6) is 0 Å². The lowest BCUT2D eigenvalue weighted by Crippen LogP contribution is -2.23. The summed E-state index contributed by atoms with van der Waals surface area (Å²) in [6.07, 6.45) is 0. The molecule has 3 aromatic carbocycles. The second kappa shape index (κ2) is 8.03. The fourth-order valence-electron chi connectivity index (χ4n) is 5.01. The number of carbonyl (C=O) groups is 1. The molecule has 0 saturated heterocycles. The molecule has 0 saturated carbocycles. The second-order valence-electron chi connectivity index (χ2n) is 9.05. The largest absolute Gasteiger partial charge is 0.506 e. The van der Waals surface area contributed by atoms with Gasteiger partial charge in [0.15, 0.2) is 0 Å². The van der Waals surface area contributed by atoms with Gasteiger partial charge in [0.25, 0.3) is 0 Å². The van der Waals surface area contributed by atoms with Crippen LogP contribution in [-0.4, -0.2) is 15.5 Å². The Labute approximate surface area is 200 Å². The number of benzene rings is 3. The van der Waals surface area contributed by atoms with Crippen LogP contribution in [-0.2, 0) is 4.79 Å². The highest BCUT2D eigenvalue weighted by Gasteiger charge is 2.40. The Kier molecular flexibility index (Phi) is 5.13. The molecule has 1 heterocycles. The highest BCUT2D eigenvalue weighted by molar-refractivity contribution is 6.43. The van der Waals surface area contributed by atoms with Crippen LogP contribution in [0, 0.1) is 20.8 Å². The van der Waals surface area contributed by atoms with E-state index in [0.29, 0.717) is 16.7 Å². The Balaban J connectivity index is 1.78. The third-order valence-electron chi connectivity index (χ3n) is 6.67. The number of aliphatic hydroxyl groups is 1. The van der Waals surface area contributed by atoms with Crippen LogP contribution in [0.2, 0.25) is 0 Å². The van der Waals surface area contributed by atoms with E-state index in [1.165, 1.54) is 5.56 Å². The molecule has 0 radical (unpaired) electrons. The first-order chi connectivity index (χ1) is 16.3. The number of para-hydroxylation sites is 1. The first kappa shape index (κ1) is 21.7. The summed E-state index contributed by atoms with van der Waals surface area (Å²) < 4.78 is 2.15. The van der Waals surface area contributed by atoms with E-state index in [9.17, 15) is 9.90 Å². The fourth-order valence-corrected chi connectivity index (χ4v) is 5.01. The number of carbonyl (C=O) groups excluding carboxylic acids is 1. The Morgan fingerprint density at radius 3 is 2.18 bits per heavy atom. The van der Waals surface area contributed by atoms with Gasteiger partial charge in [-0.15, -0.1) is 0 Å². The molecule has 0 aliphatic heterocycles. The Morgan fingerprint density at radius 1 is 0.882 bits per heavy atom. The van der Waals surface area contributed by atoms with E-state index in [2.05, 4.69) is 48.4 Å². The number of hydrogen-bond donors (Lipinski definition) is 1. The van der Waals surface area contributed by atoms with Crippen molar-refractivity contribution >= 4 is 27.8 Å². The lowest BCUT2D eigenvalue weighted by molar-refractivity contribution is -0.111. The normalized spacial score (nSPS) is 15.0. The SMILES string of the molecule is C=C(C)/C(=C1\C(=O)C(c2c(C)n(-c3ccc(C)cc3)c3ccccc23)=C1O)c1ccccc1C. The number of Topliss-reactive ketones (excluding diaryl/α,β-unsaturated/α-hetero) is 1. The molecule has 1 aliphatic rings. The average Bonchev–Trinajstić information content (AvgIpc) is 3.10. The van der Waals surface area contributed by atoms with Gasteiger partial charge in [-0.25, -0.2) is 0 Å². The molecule has 3 nitrogen and oxygen atoms in total. The number of rotatable bonds is 4. The summed E-state index contributed by atoms with van der Waals surface area (Å²) >= 11 is 0. The maximum atomic E-state index is 13.7. The third-order valence-corrected chi connectivity index (χ3v) is 6.67. The predicted octanol–water partition coefficient (Wildman–Crippen LogP) is 7.44. The van der Waals surface area contributed by atoms with E-state index in [1.807, 2.05) is 63.2 Å². The molecule has 0 unspecified atom stereocenters. The van der Waals surface area contributed by atoms with E-state index in [-0.39, 0.29) is 11.5 Å². The minimum Gasteiger partial charge on any atom is -0.506 e. The van der Waals surface area contributed by atoms with Crippen LogP contribution in [0.1, 0.15) is 34.9 Å². The van der Waals surface area contributed by atoms with Gasteiger partial charge in [-0.2, -0.15) is 0 Å². The quantitative estimate of drug-likeness (QED) is 0.332. The topological polar surface area (TPSA) is 42.2 Å². The van der Waals surface area contributed by atoms with Gasteiger partial charge < -0.3 is 9.67 Å². The molecule has 1 aliphatic carbocycles. The summed E-state index contributed by atoms with van der Waals surface area (Å²) in [5, 5.41) is 12.3. The first-order valence-electron chi connectivity index (χ1n) is 11.4. The number of aromatic nitrogens is 1. The van der Waals surface area contributed by atoms with Crippen molar-refractivity contribution in [3.63, 3.8) is 0 Å². The Hall–Kier alpha value is -4.11. The van der Waals surface area contributed by atoms with Crippen molar-refractivity contribution in [2.75, 3.05) is 0 Å². The number of ketones is 1. The average molecular weight is 446 g/mol. The van der Waals surface area contributed by atoms with Crippen molar-refractivity contribution in [1.29, 1.82) is 0 Å². The molecule has 0 spiro atoms. The Bertz CT molecular complexity index is 1560. The van der Waals surface area contributed by atoms with Gasteiger partial charge in [0.2, 0.25) is 5.78 Å². The van der Waals surface area contributed by atoms with Crippen molar-refractivity contribution in [2.24, 2.45) is 0 Å². The molecule has 5 rings (SSSR count). The monoisotopic (exact) mass is 445 g/mol. The van der Waals surface area contributed by atoms with Gasteiger partial charge in [0, 0.05) is 22.3 Å². The molecule has 0 atom stereocenters. The first-order valence-corrected chi connectivity index (χ1v) is 11.4. The van der Waals surface area contributed by atoms with E-state index in [1.54, 1.807) is 0 Å². The maximum absolute atomic E-state index is 13.7. The lowest BCUT2D eigenvalue weighted by Gasteiger charge is -2.26. The smallest absolute Gasteiger partial charge is 0.201 e. The second-order valence-corrected chi connectivity index (χ2v) is 9.05. The molecule has 0 fully saturated rings. The van der Waals surface area contributed by atoms with Crippen molar-refractivity contribution in [1.82, 2.24) is 4.57 Å². The Morgan fingerprint density at radius 2 is 1.53 bits per heavy atom. The van der Waals surface area contributed by atoms with E-state index in [0.717, 1.165) is 44.5 Å². The zero-order chi connectivity index (χ0) is 24.1. The number of aryl methyl sites for hydroxylation is 2. The van der Waals surface area contributed by atoms with Crippen LogP contribution in [0.3, 0.4) is 0 Å². The van der Waals surface area contributed by atoms with Gasteiger partial charge in [-0.3, -0.25) is 4.79 Å². The molecule has 168 valence electrons. The predicted molar refractivity (Wildman–Crippen MR) is 140 cm³/mol. The molecule has 3 heteroatoms. The molecule has 0 amide bonds. The minimum atomic E-state index is -0.145. The van der Waals surface area contributed by atoms with Crippen LogP contribution in [0.25, 0.3) is 27.7 Å². The summed E-state index contributed by atoms with van der Waals surface area (Å²) in [6.45, 7) is 12.1. The zero-order valence-electron chi connectivity index (χ0n) is 19.9. The van der Waals surface area contributed by atoms with E-state index >= 15 is 0 Å². The number of nitrogens with zero attached hydrogens (tertiary/aromatic N) is 1. The number of aliphatic hydroxyl groups excluding tert-OH is 1. The van der Waals surface area contributed by atoms with Gasteiger partial charge in [0.1, 0.15) is 5.76 Å².